The largest absolute Gasteiger partial charge is 0.490 e. The molecule has 2 rings (SSSR count). The normalized spacial score (nSPS) is 17.5. The van der Waals surface area contributed by atoms with E-state index in [1.807, 2.05) is 0 Å². The molecule has 1 heterocycles. The van der Waals surface area contributed by atoms with Crippen molar-refractivity contribution < 1.29 is 4.74 Å². The molecule has 0 aromatic heterocycles. The van der Waals surface area contributed by atoms with Crippen molar-refractivity contribution in [3.8, 4) is 5.75 Å². The number of benzene rings is 1. The van der Waals surface area contributed by atoms with E-state index in [2.05, 4.69) is 25.1 Å². The van der Waals surface area contributed by atoms with E-state index >= 15 is 0 Å². The fraction of sp³-hybridized carbons (Fsp3) is 0.538. The molecule has 16 heavy (non-hydrogen) atoms. The smallest absolute Gasteiger partial charge is 0.123 e. The molecule has 0 saturated carbocycles. The standard InChI is InChI=1S/C13H19NO.ClH/c1-2-12-9-11-8-10(4-3-7-14)5-6-13(11)15-12;/h5-6,8,12H,2-4,7,9,14H2,1H3;1H. The van der Waals surface area contributed by atoms with Gasteiger partial charge in [0.05, 0.1) is 0 Å². The SMILES string of the molecule is CCC1Cc2cc(CCCN)ccc2O1.Cl. The third kappa shape index (κ3) is 2.89. The first-order chi connectivity index (χ1) is 7.33. The van der Waals surface area contributed by atoms with Crippen LogP contribution in [-0.4, -0.2) is 12.6 Å². The molecule has 1 atom stereocenters. The number of ether oxygens (including phenoxy) is 1. The molecule has 0 saturated heterocycles. The van der Waals surface area contributed by atoms with Crippen LogP contribution in [0.1, 0.15) is 30.9 Å². The Kier molecular flexibility index (Phi) is 5.10. The number of fused-ring (bicyclic) bond motifs is 1. The molecule has 1 aromatic carbocycles. The number of aryl methyl sites for hydroxylation is 1. The molecule has 2 nitrogen and oxygen atoms in total. The van der Waals surface area contributed by atoms with Gasteiger partial charge < -0.3 is 10.5 Å². The van der Waals surface area contributed by atoms with Crippen LogP contribution in [0.25, 0.3) is 0 Å². The second-order valence-corrected chi connectivity index (χ2v) is 4.19. The summed E-state index contributed by atoms with van der Waals surface area (Å²) >= 11 is 0. The van der Waals surface area contributed by atoms with Crippen LogP contribution in [0.15, 0.2) is 18.2 Å². The second-order valence-electron chi connectivity index (χ2n) is 4.19. The molecule has 2 N–H and O–H groups in total. The first kappa shape index (κ1) is 13.3. The first-order valence-corrected chi connectivity index (χ1v) is 5.82. The molecule has 90 valence electrons. The minimum atomic E-state index is 0. The van der Waals surface area contributed by atoms with Gasteiger partial charge in [0, 0.05) is 6.42 Å². The van der Waals surface area contributed by atoms with Crippen molar-refractivity contribution in [3.63, 3.8) is 0 Å². The molecule has 0 aliphatic carbocycles. The first-order valence-electron chi connectivity index (χ1n) is 5.82. The summed E-state index contributed by atoms with van der Waals surface area (Å²) in [4.78, 5) is 0. The van der Waals surface area contributed by atoms with Gasteiger partial charge in [0.1, 0.15) is 11.9 Å². The van der Waals surface area contributed by atoms with Gasteiger partial charge in [-0.2, -0.15) is 0 Å². The third-order valence-electron chi connectivity index (χ3n) is 2.99. The highest BCUT2D eigenvalue weighted by Crippen LogP contribution is 2.30. The quantitative estimate of drug-likeness (QED) is 0.880. The van der Waals surface area contributed by atoms with Gasteiger partial charge in [0.15, 0.2) is 0 Å². The van der Waals surface area contributed by atoms with E-state index in [1.54, 1.807) is 0 Å². The van der Waals surface area contributed by atoms with Crippen LogP contribution in [0.5, 0.6) is 5.75 Å². The van der Waals surface area contributed by atoms with Crippen molar-refractivity contribution in [2.75, 3.05) is 6.54 Å². The molecule has 1 aromatic rings. The molecular weight excluding hydrogens is 222 g/mol. The summed E-state index contributed by atoms with van der Waals surface area (Å²) in [6.07, 6.45) is 4.71. The predicted molar refractivity (Wildman–Crippen MR) is 69.5 cm³/mol. The molecule has 0 amide bonds. The molecule has 0 bridgehead atoms. The molecule has 1 unspecified atom stereocenters. The monoisotopic (exact) mass is 241 g/mol. The molecular formula is C13H20ClNO. The molecule has 0 radical (unpaired) electrons. The average molecular weight is 242 g/mol. The van der Waals surface area contributed by atoms with Crippen LogP contribution in [0.3, 0.4) is 0 Å². The van der Waals surface area contributed by atoms with Gasteiger partial charge in [-0.15, -0.1) is 12.4 Å². The Hall–Kier alpha value is -0.730. The molecule has 3 heteroatoms. The topological polar surface area (TPSA) is 35.2 Å². The van der Waals surface area contributed by atoms with Crippen molar-refractivity contribution in [2.24, 2.45) is 5.73 Å². The van der Waals surface area contributed by atoms with Crippen LogP contribution in [0, 0.1) is 0 Å². The number of hydrogen-bond acceptors (Lipinski definition) is 2. The summed E-state index contributed by atoms with van der Waals surface area (Å²) in [6.45, 7) is 2.94. The van der Waals surface area contributed by atoms with E-state index in [9.17, 15) is 0 Å². The second kappa shape index (κ2) is 6.12. The summed E-state index contributed by atoms with van der Waals surface area (Å²) in [7, 11) is 0. The zero-order valence-electron chi connectivity index (χ0n) is 9.74. The lowest BCUT2D eigenvalue weighted by molar-refractivity contribution is 0.228. The highest BCUT2D eigenvalue weighted by Gasteiger charge is 2.20. The minimum absolute atomic E-state index is 0. The highest BCUT2D eigenvalue weighted by molar-refractivity contribution is 5.85. The number of hydrogen-bond donors (Lipinski definition) is 1. The Morgan fingerprint density at radius 1 is 1.44 bits per heavy atom. The van der Waals surface area contributed by atoms with Gasteiger partial charge in [-0.25, -0.2) is 0 Å². The van der Waals surface area contributed by atoms with E-state index in [4.69, 9.17) is 10.5 Å². The van der Waals surface area contributed by atoms with E-state index < -0.39 is 0 Å². The highest BCUT2D eigenvalue weighted by atomic mass is 35.5. The summed E-state index contributed by atoms with van der Waals surface area (Å²) in [5.41, 5.74) is 8.27. The Morgan fingerprint density at radius 3 is 2.94 bits per heavy atom. The number of nitrogens with two attached hydrogens (primary N) is 1. The van der Waals surface area contributed by atoms with Crippen LogP contribution >= 0.6 is 12.4 Å². The Morgan fingerprint density at radius 2 is 2.25 bits per heavy atom. The molecule has 1 aliphatic heterocycles. The molecule has 0 fully saturated rings. The van der Waals surface area contributed by atoms with Gasteiger partial charge in [-0.1, -0.05) is 19.1 Å². The van der Waals surface area contributed by atoms with Crippen molar-refractivity contribution in [2.45, 2.75) is 38.7 Å². The molecule has 0 spiro atoms. The maximum Gasteiger partial charge on any atom is 0.123 e. The van der Waals surface area contributed by atoms with Crippen LogP contribution in [0.4, 0.5) is 0 Å². The summed E-state index contributed by atoms with van der Waals surface area (Å²) in [5.74, 6) is 1.08. The zero-order chi connectivity index (χ0) is 10.7. The lowest BCUT2D eigenvalue weighted by Gasteiger charge is -2.05. The van der Waals surface area contributed by atoms with Crippen molar-refractivity contribution in [3.05, 3.63) is 29.3 Å². The van der Waals surface area contributed by atoms with Gasteiger partial charge >= 0.3 is 0 Å². The third-order valence-corrected chi connectivity index (χ3v) is 2.99. The zero-order valence-corrected chi connectivity index (χ0v) is 10.6. The number of rotatable bonds is 4. The minimum Gasteiger partial charge on any atom is -0.490 e. The van der Waals surface area contributed by atoms with Crippen molar-refractivity contribution in [1.29, 1.82) is 0 Å². The maximum absolute atomic E-state index is 5.79. The van der Waals surface area contributed by atoms with Crippen LogP contribution < -0.4 is 10.5 Å². The van der Waals surface area contributed by atoms with Gasteiger partial charge in [-0.05, 0) is 43.0 Å². The molecule has 1 aliphatic rings. The van der Waals surface area contributed by atoms with Crippen molar-refractivity contribution in [1.82, 2.24) is 0 Å². The lowest BCUT2D eigenvalue weighted by atomic mass is 10.0. The van der Waals surface area contributed by atoms with E-state index in [-0.39, 0.29) is 12.4 Å². The summed E-state index contributed by atoms with van der Waals surface area (Å²) < 4.78 is 5.79. The van der Waals surface area contributed by atoms with Crippen molar-refractivity contribution >= 4 is 12.4 Å². The summed E-state index contributed by atoms with van der Waals surface area (Å²) in [6, 6.07) is 6.55. The summed E-state index contributed by atoms with van der Waals surface area (Å²) in [5, 5.41) is 0. The van der Waals surface area contributed by atoms with Crippen LogP contribution in [0.2, 0.25) is 0 Å². The van der Waals surface area contributed by atoms with E-state index in [0.29, 0.717) is 6.10 Å². The lowest BCUT2D eigenvalue weighted by Crippen LogP contribution is -2.10. The Bertz CT molecular complexity index is 341. The van der Waals surface area contributed by atoms with Gasteiger partial charge in [0.2, 0.25) is 0 Å². The maximum atomic E-state index is 5.79. The van der Waals surface area contributed by atoms with Gasteiger partial charge in [-0.3, -0.25) is 0 Å². The van der Waals surface area contributed by atoms with Gasteiger partial charge in [0.25, 0.3) is 0 Å². The number of halogens is 1. The average Bonchev–Trinajstić information content (AvgIpc) is 2.68. The van der Waals surface area contributed by atoms with E-state index in [1.165, 1.54) is 11.1 Å². The fourth-order valence-electron chi connectivity index (χ4n) is 2.06. The predicted octanol–water partition coefficient (Wildman–Crippen LogP) is 2.71. The fourth-order valence-corrected chi connectivity index (χ4v) is 2.06. The van der Waals surface area contributed by atoms with Crippen LogP contribution in [-0.2, 0) is 12.8 Å². The van der Waals surface area contributed by atoms with E-state index in [0.717, 1.165) is 38.0 Å². The Labute approximate surface area is 104 Å². The Balaban J connectivity index is 0.00000128.